The zero-order chi connectivity index (χ0) is 27.3. The van der Waals surface area contributed by atoms with Crippen LogP contribution in [0, 0.1) is 11.6 Å². The van der Waals surface area contributed by atoms with Crippen molar-refractivity contribution in [2.45, 2.75) is 52.1 Å². The summed E-state index contributed by atoms with van der Waals surface area (Å²) in [4.78, 5) is 34.5. The van der Waals surface area contributed by atoms with Crippen LogP contribution >= 0.6 is 0 Å². The maximum absolute atomic E-state index is 13.6. The second-order valence-corrected chi connectivity index (χ2v) is 9.98. The Hall–Kier alpha value is -4.20. The summed E-state index contributed by atoms with van der Waals surface area (Å²) in [5.74, 6) is -1.35. The van der Waals surface area contributed by atoms with E-state index in [0.717, 1.165) is 5.56 Å². The first-order valence-corrected chi connectivity index (χ1v) is 12.4. The van der Waals surface area contributed by atoms with E-state index in [1.54, 1.807) is 30.3 Å². The molecule has 196 valence electrons. The number of carbonyl (C=O) groups is 2. The number of hydrogen-bond donors (Lipinski definition) is 1. The van der Waals surface area contributed by atoms with Crippen LogP contribution < -0.4 is 5.32 Å². The van der Waals surface area contributed by atoms with E-state index in [1.165, 1.54) is 36.4 Å². The van der Waals surface area contributed by atoms with Crippen molar-refractivity contribution in [3.63, 3.8) is 0 Å². The van der Waals surface area contributed by atoms with Crippen molar-refractivity contribution in [3.8, 4) is 11.3 Å². The molecule has 3 aromatic carbocycles. The Morgan fingerprint density at radius 1 is 0.842 bits per heavy atom. The number of halogens is 2. The number of benzene rings is 3. The van der Waals surface area contributed by atoms with Gasteiger partial charge in [-0.05, 0) is 107 Å². The highest BCUT2D eigenvalue weighted by atomic mass is 19.1. The second-order valence-electron chi connectivity index (χ2n) is 9.98. The molecule has 0 saturated carbocycles. The van der Waals surface area contributed by atoms with Crippen molar-refractivity contribution in [2.75, 3.05) is 5.32 Å². The molecule has 1 aromatic heterocycles. The van der Waals surface area contributed by atoms with Gasteiger partial charge in [0.05, 0.1) is 22.4 Å². The van der Waals surface area contributed by atoms with Crippen molar-refractivity contribution in [2.24, 2.45) is 0 Å². The van der Waals surface area contributed by atoms with E-state index in [1.807, 2.05) is 20.8 Å². The molecule has 0 fully saturated rings. The molecule has 1 N–H and O–H groups in total. The molecule has 0 aliphatic heterocycles. The van der Waals surface area contributed by atoms with Gasteiger partial charge in [0.2, 0.25) is 0 Å². The summed E-state index contributed by atoms with van der Waals surface area (Å²) >= 11 is 0. The van der Waals surface area contributed by atoms with Crippen LogP contribution in [0.1, 0.15) is 56.1 Å². The molecule has 38 heavy (non-hydrogen) atoms. The molecule has 0 aliphatic carbocycles. The SMILES string of the molecule is CC(C)(C)OC(=O)CCCCc1nc2cc(C(=O)Nc3ccc(F)cc3)ccc2nc1-c1ccc(F)cc1. The summed E-state index contributed by atoms with van der Waals surface area (Å²) in [5, 5.41) is 2.74. The number of amides is 1. The van der Waals surface area contributed by atoms with E-state index in [2.05, 4.69) is 5.32 Å². The quantitative estimate of drug-likeness (QED) is 0.204. The molecule has 6 nitrogen and oxygen atoms in total. The van der Waals surface area contributed by atoms with Crippen LogP contribution in [-0.2, 0) is 16.0 Å². The van der Waals surface area contributed by atoms with E-state index in [-0.39, 0.29) is 29.9 Å². The Bertz CT molecular complexity index is 1450. The van der Waals surface area contributed by atoms with E-state index in [0.29, 0.717) is 52.9 Å². The first-order chi connectivity index (χ1) is 18.1. The lowest BCUT2D eigenvalue weighted by atomic mass is 10.0. The lowest BCUT2D eigenvalue weighted by Crippen LogP contribution is -2.23. The number of nitrogens with one attached hydrogen (secondary N) is 1. The maximum Gasteiger partial charge on any atom is 0.306 e. The Balaban J connectivity index is 1.58. The van der Waals surface area contributed by atoms with Gasteiger partial charge in [-0.1, -0.05) is 0 Å². The van der Waals surface area contributed by atoms with E-state index < -0.39 is 5.60 Å². The number of rotatable bonds is 8. The van der Waals surface area contributed by atoms with Crippen molar-refractivity contribution < 1.29 is 23.1 Å². The Morgan fingerprint density at radius 3 is 2.16 bits per heavy atom. The molecule has 1 heterocycles. The normalized spacial score (nSPS) is 11.4. The summed E-state index contributed by atoms with van der Waals surface area (Å²) in [6.45, 7) is 5.50. The Morgan fingerprint density at radius 2 is 1.50 bits per heavy atom. The molecule has 0 bridgehead atoms. The average molecular weight is 518 g/mol. The zero-order valence-corrected chi connectivity index (χ0v) is 21.6. The number of hydrogen-bond acceptors (Lipinski definition) is 5. The molecule has 4 rings (SSSR count). The van der Waals surface area contributed by atoms with Crippen LogP contribution in [0.25, 0.3) is 22.3 Å². The Kier molecular flexibility index (Phi) is 8.10. The first kappa shape index (κ1) is 26.9. The van der Waals surface area contributed by atoms with Crippen molar-refractivity contribution in [1.82, 2.24) is 9.97 Å². The van der Waals surface area contributed by atoms with Gasteiger partial charge in [-0.15, -0.1) is 0 Å². The standard InChI is InChI=1S/C30H29F2N3O3/c1-30(2,3)38-27(36)7-5-4-6-25-28(19-8-11-21(31)12-9-19)35-24-17-10-20(18-26(24)34-25)29(37)33-23-15-13-22(32)14-16-23/h8-18H,4-7H2,1-3H3,(H,33,37). The van der Waals surface area contributed by atoms with Gasteiger partial charge in [-0.25, -0.2) is 18.7 Å². The molecule has 0 radical (unpaired) electrons. The van der Waals surface area contributed by atoms with Gasteiger partial charge in [-0.2, -0.15) is 0 Å². The number of esters is 1. The van der Waals surface area contributed by atoms with Gasteiger partial charge in [0.1, 0.15) is 17.2 Å². The fourth-order valence-corrected chi connectivity index (χ4v) is 3.94. The fourth-order valence-electron chi connectivity index (χ4n) is 3.94. The monoisotopic (exact) mass is 517 g/mol. The number of fused-ring (bicyclic) bond motifs is 1. The number of aromatic nitrogens is 2. The van der Waals surface area contributed by atoms with Gasteiger partial charge in [0, 0.05) is 23.2 Å². The average Bonchev–Trinajstić information content (AvgIpc) is 2.86. The molecule has 0 spiro atoms. The van der Waals surface area contributed by atoms with Crippen molar-refractivity contribution in [3.05, 3.63) is 89.6 Å². The molecule has 4 aromatic rings. The number of anilines is 1. The predicted molar refractivity (Wildman–Crippen MR) is 143 cm³/mol. The Labute approximate surface area is 220 Å². The molecule has 0 aliphatic rings. The smallest absolute Gasteiger partial charge is 0.306 e. The summed E-state index contributed by atoms with van der Waals surface area (Å²) in [5.41, 5.74) is 3.47. The van der Waals surface area contributed by atoms with Crippen LogP contribution in [0.2, 0.25) is 0 Å². The largest absolute Gasteiger partial charge is 0.460 e. The minimum Gasteiger partial charge on any atom is -0.460 e. The van der Waals surface area contributed by atoms with Crippen LogP contribution in [0.4, 0.5) is 14.5 Å². The molecule has 1 amide bonds. The van der Waals surface area contributed by atoms with Gasteiger partial charge < -0.3 is 10.1 Å². The van der Waals surface area contributed by atoms with E-state index in [4.69, 9.17) is 14.7 Å². The fraction of sp³-hybridized carbons (Fsp3) is 0.267. The molecular formula is C30H29F2N3O3. The van der Waals surface area contributed by atoms with Crippen molar-refractivity contribution in [1.29, 1.82) is 0 Å². The van der Waals surface area contributed by atoms with Gasteiger partial charge in [0.25, 0.3) is 5.91 Å². The number of ether oxygens (including phenoxy) is 1. The van der Waals surface area contributed by atoms with Gasteiger partial charge in [-0.3, -0.25) is 9.59 Å². The minimum absolute atomic E-state index is 0.252. The van der Waals surface area contributed by atoms with Crippen molar-refractivity contribution >= 4 is 28.6 Å². The second kappa shape index (κ2) is 11.5. The molecule has 8 heteroatoms. The van der Waals surface area contributed by atoms with E-state index >= 15 is 0 Å². The highest BCUT2D eigenvalue weighted by Gasteiger charge is 2.17. The first-order valence-electron chi connectivity index (χ1n) is 12.4. The van der Waals surface area contributed by atoms with Crippen LogP contribution in [0.15, 0.2) is 66.7 Å². The summed E-state index contributed by atoms with van der Waals surface area (Å²) in [6.07, 6.45) is 2.10. The lowest BCUT2D eigenvalue weighted by Gasteiger charge is -2.19. The van der Waals surface area contributed by atoms with Gasteiger partial charge in [0.15, 0.2) is 0 Å². The minimum atomic E-state index is -0.530. The molecule has 0 unspecified atom stereocenters. The van der Waals surface area contributed by atoms with Crippen LogP contribution in [0.5, 0.6) is 0 Å². The van der Waals surface area contributed by atoms with E-state index in [9.17, 15) is 18.4 Å². The summed E-state index contributed by atoms with van der Waals surface area (Å²) < 4.78 is 32.1. The highest BCUT2D eigenvalue weighted by molar-refractivity contribution is 6.06. The summed E-state index contributed by atoms with van der Waals surface area (Å²) in [6, 6.07) is 16.6. The third-order valence-electron chi connectivity index (χ3n) is 5.68. The summed E-state index contributed by atoms with van der Waals surface area (Å²) in [7, 11) is 0. The number of carbonyl (C=O) groups excluding carboxylic acids is 2. The van der Waals surface area contributed by atoms with Crippen LogP contribution in [-0.4, -0.2) is 27.4 Å². The third-order valence-corrected chi connectivity index (χ3v) is 5.68. The lowest BCUT2D eigenvalue weighted by molar-refractivity contribution is -0.154. The highest BCUT2D eigenvalue weighted by Crippen LogP contribution is 2.26. The topological polar surface area (TPSA) is 81.2 Å². The zero-order valence-electron chi connectivity index (χ0n) is 21.6. The number of aryl methyl sites for hydroxylation is 1. The van der Waals surface area contributed by atoms with Gasteiger partial charge >= 0.3 is 5.97 Å². The predicted octanol–water partition coefficient (Wildman–Crippen LogP) is 6.88. The molecule has 0 atom stereocenters. The third kappa shape index (κ3) is 7.18. The maximum atomic E-state index is 13.6. The molecule has 0 saturated heterocycles. The van der Waals surface area contributed by atoms with Crippen LogP contribution in [0.3, 0.4) is 0 Å². The molecular weight excluding hydrogens is 488 g/mol. The number of nitrogens with zero attached hydrogens (tertiary/aromatic N) is 2. The number of unbranched alkanes of at least 4 members (excludes halogenated alkanes) is 1.